The van der Waals surface area contributed by atoms with Crippen LogP contribution in [0.25, 0.3) is 0 Å². The lowest BCUT2D eigenvalue weighted by Crippen LogP contribution is -2.32. The largest absolute Gasteiger partial charge is 0.494 e. The third-order valence-electron chi connectivity index (χ3n) is 7.46. The number of para-hydroxylation sites is 2. The maximum Gasteiger partial charge on any atom is 0.343 e. The SMILES string of the molecule is O=C(Oc1ccccc1NC(Cc1ccc(OCCCN(Cc2ccccc2)C(=O)c2ccccc2)cc1)C(=O)O)c1ccccc1. The summed E-state index contributed by atoms with van der Waals surface area (Å²) in [6, 6.07) is 40.8. The number of amides is 1. The van der Waals surface area contributed by atoms with Gasteiger partial charge in [0.15, 0.2) is 5.75 Å². The van der Waals surface area contributed by atoms with E-state index in [0.29, 0.717) is 48.7 Å². The zero-order valence-corrected chi connectivity index (χ0v) is 25.8. The van der Waals surface area contributed by atoms with Crippen LogP contribution in [0.2, 0.25) is 0 Å². The first-order chi connectivity index (χ1) is 23.0. The monoisotopic (exact) mass is 628 g/mol. The molecule has 47 heavy (non-hydrogen) atoms. The van der Waals surface area contributed by atoms with Gasteiger partial charge in [0.25, 0.3) is 5.91 Å². The number of nitrogens with one attached hydrogen (secondary N) is 1. The molecular formula is C39H36N2O6. The molecule has 8 nitrogen and oxygen atoms in total. The number of anilines is 1. The van der Waals surface area contributed by atoms with Crippen molar-refractivity contribution in [2.24, 2.45) is 0 Å². The van der Waals surface area contributed by atoms with Crippen molar-refractivity contribution in [2.45, 2.75) is 25.4 Å². The van der Waals surface area contributed by atoms with E-state index in [-0.39, 0.29) is 18.1 Å². The first kappa shape index (κ1) is 32.5. The molecule has 0 aromatic heterocycles. The minimum atomic E-state index is -1.04. The number of hydrogen-bond donors (Lipinski definition) is 2. The molecule has 0 aliphatic heterocycles. The number of esters is 1. The van der Waals surface area contributed by atoms with Gasteiger partial charge in [-0.2, -0.15) is 0 Å². The van der Waals surface area contributed by atoms with Crippen LogP contribution in [0.1, 0.15) is 38.3 Å². The van der Waals surface area contributed by atoms with Crippen molar-refractivity contribution < 1.29 is 29.0 Å². The highest BCUT2D eigenvalue weighted by atomic mass is 16.5. The predicted octanol–water partition coefficient (Wildman–Crippen LogP) is 7.13. The molecular weight excluding hydrogens is 592 g/mol. The second kappa shape index (κ2) is 16.4. The molecule has 0 bridgehead atoms. The molecule has 0 heterocycles. The van der Waals surface area contributed by atoms with Crippen LogP contribution in [0, 0.1) is 0 Å². The third-order valence-corrected chi connectivity index (χ3v) is 7.46. The first-order valence-electron chi connectivity index (χ1n) is 15.4. The van der Waals surface area contributed by atoms with Crippen LogP contribution in [0.5, 0.6) is 11.5 Å². The van der Waals surface area contributed by atoms with E-state index in [4.69, 9.17) is 9.47 Å². The Labute approximate surface area is 274 Å². The standard InChI is InChI=1S/C39H36N2O6/c42-37(31-15-6-2-7-16-31)41(28-30-13-4-1-5-14-30)25-12-26-46-33-23-21-29(22-24-33)27-35(38(43)44)40-34-19-10-11-20-36(34)47-39(45)32-17-8-3-9-18-32/h1-11,13-24,35,40H,12,25-28H2,(H,43,44). The Morgan fingerprint density at radius 1 is 0.681 bits per heavy atom. The van der Waals surface area contributed by atoms with E-state index in [0.717, 1.165) is 11.1 Å². The molecule has 5 rings (SSSR count). The van der Waals surface area contributed by atoms with Gasteiger partial charge >= 0.3 is 11.9 Å². The number of aliphatic carboxylic acids is 1. The van der Waals surface area contributed by atoms with Gasteiger partial charge in [0.2, 0.25) is 0 Å². The van der Waals surface area contributed by atoms with Gasteiger partial charge in [-0.3, -0.25) is 4.79 Å². The second-order valence-corrected chi connectivity index (χ2v) is 10.9. The lowest BCUT2D eigenvalue weighted by molar-refractivity contribution is -0.137. The molecule has 0 saturated carbocycles. The van der Waals surface area contributed by atoms with Crippen molar-refractivity contribution in [3.05, 3.63) is 162 Å². The van der Waals surface area contributed by atoms with Crippen molar-refractivity contribution in [3.63, 3.8) is 0 Å². The quantitative estimate of drug-likeness (QED) is 0.0722. The van der Waals surface area contributed by atoms with E-state index in [1.165, 1.54) is 0 Å². The molecule has 0 spiro atoms. The maximum atomic E-state index is 13.2. The van der Waals surface area contributed by atoms with E-state index >= 15 is 0 Å². The van der Waals surface area contributed by atoms with E-state index in [2.05, 4.69) is 5.32 Å². The Kier molecular flexibility index (Phi) is 11.4. The molecule has 0 fully saturated rings. The van der Waals surface area contributed by atoms with Crippen LogP contribution < -0.4 is 14.8 Å². The van der Waals surface area contributed by atoms with Crippen LogP contribution in [0.15, 0.2) is 140 Å². The van der Waals surface area contributed by atoms with Crippen LogP contribution in [0.4, 0.5) is 5.69 Å². The summed E-state index contributed by atoms with van der Waals surface area (Å²) in [6.45, 7) is 1.43. The molecule has 1 amide bonds. The summed E-state index contributed by atoms with van der Waals surface area (Å²) < 4.78 is 11.5. The molecule has 0 saturated heterocycles. The Morgan fingerprint density at radius 2 is 1.28 bits per heavy atom. The van der Waals surface area contributed by atoms with E-state index in [1.807, 2.05) is 77.7 Å². The van der Waals surface area contributed by atoms with Crippen LogP contribution in [0.3, 0.4) is 0 Å². The molecule has 0 radical (unpaired) electrons. The topological polar surface area (TPSA) is 105 Å². The molecule has 5 aromatic carbocycles. The summed E-state index contributed by atoms with van der Waals surface area (Å²) in [5.41, 5.74) is 3.28. The minimum absolute atomic E-state index is 0.0302. The van der Waals surface area contributed by atoms with E-state index < -0.39 is 18.0 Å². The van der Waals surface area contributed by atoms with Crippen LogP contribution in [-0.4, -0.2) is 47.0 Å². The average Bonchev–Trinajstić information content (AvgIpc) is 3.11. The van der Waals surface area contributed by atoms with Gasteiger partial charge in [-0.25, -0.2) is 9.59 Å². The summed E-state index contributed by atoms with van der Waals surface area (Å²) in [5, 5.41) is 13.0. The van der Waals surface area contributed by atoms with Gasteiger partial charge in [-0.1, -0.05) is 91.0 Å². The summed E-state index contributed by atoms with van der Waals surface area (Å²) in [6.07, 6.45) is 0.818. The van der Waals surface area contributed by atoms with Gasteiger partial charge in [0, 0.05) is 25.1 Å². The molecule has 1 unspecified atom stereocenters. The Hall–Kier alpha value is -5.89. The highest BCUT2D eigenvalue weighted by molar-refractivity contribution is 5.94. The van der Waals surface area contributed by atoms with E-state index in [9.17, 15) is 19.5 Å². The number of nitrogens with zero attached hydrogens (tertiary/aromatic N) is 1. The second-order valence-electron chi connectivity index (χ2n) is 10.9. The molecule has 2 N–H and O–H groups in total. The van der Waals surface area contributed by atoms with Crippen molar-refractivity contribution >= 4 is 23.5 Å². The number of carbonyl (C=O) groups is 3. The third kappa shape index (κ3) is 9.55. The molecule has 1 atom stereocenters. The Balaban J connectivity index is 1.15. The zero-order valence-electron chi connectivity index (χ0n) is 25.8. The molecule has 0 aliphatic carbocycles. The minimum Gasteiger partial charge on any atom is -0.494 e. The normalized spacial score (nSPS) is 11.2. The van der Waals surface area contributed by atoms with Gasteiger partial charge in [0.05, 0.1) is 17.9 Å². The number of ether oxygens (including phenoxy) is 2. The summed E-state index contributed by atoms with van der Waals surface area (Å²) >= 11 is 0. The van der Waals surface area contributed by atoms with Gasteiger partial charge in [-0.15, -0.1) is 0 Å². The van der Waals surface area contributed by atoms with Crippen molar-refractivity contribution in [3.8, 4) is 11.5 Å². The van der Waals surface area contributed by atoms with Gasteiger partial charge < -0.3 is 24.8 Å². The molecule has 5 aromatic rings. The van der Waals surface area contributed by atoms with E-state index in [1.54, 1.807) is 66.7 Å². The number of carbonyl (C=O) groups excluding carboxylic acids is 2. The molecule has 8 heteroatoms. The summed E-state index contributed by atoms with van der Waals surface area (Å²) in [5.74, 6) is -0.717. The lowest BCUT2D eigenvalue weighted by Gasteiger charge is -2.23. The fourth-order valence-corrected chi connectivity index (χ4v) is 5.02. The highest BCUT2D eigenvalue weighted by Crippen LogP contribution is 2.26. The van der Waals surface area contributed by atoms with Crippen LogP contribution in [-0.2, 0) is 17.8 Å². The molecule has 238 valence electrons. The number of carboxylic acids is 1. The van der Waals surface area contributed by atoms with Crippen molar-refractivity contribution in [1.29, 1.82) is 0 Å². The lowest BCUT2D eigenvalue weighted by atomic mass is 10.1. The summed E-state index contributed by atoms with van der Waals surface area (Å²) in [4.78, 5) is 39.9. The van der Waals surface area contributed by atoms with Gasteiger partial charge in [-0.05, 0) is 66.1 Å². The highest BCUT2D eigenvalue weighted by Gasteiger charge is 2.21. The van der Waals surface area contributed by atoms with Gasteiger partial charge in [0.1, 0.15) is 11.8 Å². The maximum absolute atomic E-state index is 13.2. The van der Waals surface area contributed by atoms with Crippen molar-refractivity contribution in [2.75, 3.05) is 18.5 Å². The number of rotatable bonds is 15. The zero-order chi connectivity index (χ0) is 32.8. The number of benzene rings is 5. The fraction of sp³-hybridized carbons (Fsp3) is 0.154. The van der Waals surface area contributed by atoms with Crippen molar-refractivity contribution in [1.82, 2.24) is 4.90 Å². The predicted molar refractivity (Wildman–Crippen MR) is 181 cm³/mol. The Morgan fingerprint density at radius 3 is 1.94 bits per heavy atom. The fourth-order valence-electron chi connectivity index (χ4n) is 5.02. The average molecular weight is 629 g/mol. The number of hydrogen-bond acceptors (Lipinski definition) is 6. The summed E-state index contributed by atoms with van der Waals surface area (Å²) in [7, 11) is 0. The van der Waals surface area contributed by atoms with Crippen LogP contribution >= 0.6 is 0 Å². The Bertz CT molecular complexity index is 1750. The smallest absolute Gasteiger partial charge is 0.343 e. The number of carboxylic acid groups (broad SMARTS) is 1. The molecule has 0 aliphatic rings. The first-order valence-corrected chi connectivity index (χ1v) is 15.4.